The molecule has 0 bridgehead atoms. The zero-order valence-electron chi connectivity index (χ0n) is 5.65. The van der Waals surface area contributed by atoms with Gasteiger partial charge in [-0.25, -0.2) is 12.2 Å². The first-order valence-corrected chi connectivity index (χ1v) is 2.22. The van der Waals surface area contributed by atoms with Crippen LogP contribution in [0.15, 0.2) is 31.4 Å². The van der Waals surface area contributed by atoms with Crippen LogP contribution in [-0.2, 0) is 17.1 Å². The minimum absolute atomic E-state index is 0. The fourth-order valence-corrected chi connectivity index (χ4v) is 0.340. The summed E-state index contributed by atoms with van der Waals surface area (Å²) >= 11 is 0. The summed E-state index contributed by atoms with van der Waals surface area (Å²) in [6.07, 6.45) is 10.0. The first-order chi connectivity index (χ1) is 3.50. The monoisotopic (exact) mass is 171 g/mol. The SMILES string of the molecule is C=C.[C-]1=CC=CC1.[CH3-].[Cu+2]. The molecule has 0 aliphatic heterocycles. The molecular weight excluding hydrogens is 160 g/mol. The molecule has 1 heteroatoms. The van der Waals surface area contributed by atoms with Gasteiger partial charge in [0.2, 0.25) is 0 Å². The molecule has 0 fully saturated rings. The summed E-state index contributed by atoms with van der Waals surface area (Å²) < 4.78 is 0. The van der Waals surface area contributed by atoms with Crippen molar-refractivity contribution < 1.29 is 17.1 Å². The van der Waals surface area contributed by atoms with Crippen LogP contribution >= 0.6 is 0 Å². The molecule has 0 saturated heterocycles. The van der Waals surface area contributed by atoms with Gasteiger partial charge in [0.05, 0.1) is 0 Å². The normalized spacial score (nSPS) is 10.2. The van der Waals surface area contributed by atoms with Crippen molar-refractivity contribution in [3.8, 4) is 0 Å². The smallest absolute Gasteiger partial charge is 0.358 e. The third-order valence-electron chi connectivity index (χ3n) is 0.586. The Labute approximate surface area is 68.8 Å². The summed E-state index contributed by atoms with van der Waals surface area (Å²) in [6, 6.07) is 0. The van der Waals surface area contributed by atoms with Crippen LogP contribution in [-0.4, -0.2) is 0 Å². The molecule has 0 nitrogen and oxygen atoms in total. The van der Waals surface area contributed by atoms with Gasteiger partial charge in [-0.2, -0.15) is 6.08 Å². The molecule has 1 radical (unpaired) electrons. The fourth-order valence-electron chi connectivity index (χ4n) is 0.340. The van der Waals surface area contributed by atoms with Crippen molar-refractivity contribution in [2.24, 2.45) is 0 Å². The van der Waals surface area contributed by atoms with E-state index in [-0.39, 0.29) is 24.5 Å². The Balaban J connectivity index is -0.0000000836. The topological polar surface area (TPSA) is 0 Å². The summed E-state index contributed by atoms with van der Waals surface area (Å²) in [5.74, 6) is 0. The molecule has 9 heavy (non-hydrogen) atoms. The maximum atomic E-state index is 3.00. The van der Waals surface area contributed by atoms with E-state index in [9.17, 15) is 0 Å². The van der Waals surface area contributed by atoms with E-state index in [0.717, 1.165) is 6.42 Å². The standard InChI is InChI=1S/C5H5.C2H4.CH3.Cu/c1-2-4-5-3-1;1-2;;/h1-3H,4H2;1-2H2;1H3;/q-1;;-1;+2. The van der Waals surface area contributed by atoms with Crippen LogP contribution in [0.3, 0.4) is 0 Å². The molecule has 0 aromatic carbocycles. The first-order valence-electron chi connectivity index (χ1n) is 2.22. The summed E-state index contributed by atoms with van der Waals surface area (Å²) in [7, 11) is 0. The maximum absolute atomic E-state index is 3.00. The van der Waals surface area contributed by atoms with Crippen LogP contribution in [0.5, 0.6) is 0 Å². The van der Waals surface area contributed by atoms with Crippen molar-refractivity contribution in [1.29, 1.82) is 0 Å². The summed E-state index contributed by atoms with van der Waals surface area (Å²) in [5.41, 5.74) is 0. The largest absolute Gasteiger partial charge is 2.00 e. The van der Waals surface area contributed by atoms with Crippen LogP contribution in [0.2, 0.25) is 0 Å². The second kappa shape index (κ2) is 15.6. The molecule has 1 aliphatic rings. The minimum Gasteiger partial charge on any atom is -0.358 e. The Morgan fingerprint density at radius 2 is 1.89 bits per heavy atom. The van der Waals surface area contributed by atoms with Crippen LogP contribution in [0.4, 0.5) is 0 Å². The van der Waals surface area contributed by atoms with Gasteiger partial charge in [-0.1, -0.05) is 0 Å². The second-order valence-corrected chi connectivity index (χ2v) is 1.00. The number of hydrogen-bond donors (Lipinski definition) is 0. The minimum atomic E-state index is 0. The summed E-state index contributed by atoms with van der Waals surface area (Å²) in [6.45, 7) is 6.00. The van der Waals surface area contributed by atoms with E-state index in [1.807, 2.05) is 12.2 Å². The van der Waals surface area contributed by atoms with Crippen LogP contribution in [0.1, 0.15) is 6.42 Å². The van der Waals surface area contributed by atoms with Gasteiger partial charge in [-0.15, -0.1) is 19.6 Å². The number of rotatable bonds is 0. The van der Waals surface area contributed by atoms with Crippen LogP contribution < -0.4 is 0 Å². The Kier molecular flexibility index (Phi) is 27.6. The Hall–Kier alpha value is -0.261. The van der Waals surface area contributed by atoms with Gasteiger partial charge < -0.3 is 7.43 Å². The summed E-state index contributed by atoms with van der Waals surface area (Å²) in [5, 5.41) is 0. The zero-order valence-corrected chi connectivity index (χ0v) is 6.60. The van der Waals surface area contributed by atoms with E-state index >= 15 is 0 Å². The first kappa shape index (κ1) is 15.9. The molecule has 55 valence electrons. The zero-order chi connectivity index (χ0) is 5.54. The molecule has 0 heterocycles. The molecule has 0 N–H and O–H groups in total. The van der Waals surface area contributed by atoms with Gasteiger partial charge in [-0.05, 0) is 0 Å². The van der Waals surface area contributed by atoms with E-state index in [2.05, 4.69) is 25.3 Å². The molecule has 0 aromatic rings. The molecule has 0 aromatic heterocycles. The van der Waals surface area contributed by atoms with Gasteiger partial charge in [-0.3, -0.25) is 6.08 Å². The molecular formula is C8H12Cu. The second-order valence-electron chi connectivity index (χ2n) is 1.00. The van der Waals surface area contributed by atoms with E-state index < -0.39 is 0 Å². The predicted molar refractivity (Wildman–Crippen MR) is 39.2 cm³/mol. The van der Waals surface area contributed by atoms with Crippen LogP contribution in [0.25, 0.3) is 0 Å². The van der Waals surface area contributed by atoms with Crippen molar-refractivity contribution in [2.75, 3.05) is 0 Å². The maximum Gasteiger partial charge on any atom is 2.00 e. The van der Waals surface area contributed by atoms with Gasteiger partial charge in [0.25, 0.3) is 0 Å². The van der Waals surface area contributed by atoms with E-state index in [0.29, 0.717) is 0 Å². The Morgan fingerprint density at radius 1 is 1.33 bits per heavy atom. The predicted octanol–water partition coefficient (Wildman–Crippen LogP) is 2.56. The number of hydrogen-bond acceptors (Lipinski definition) is 0. The molecule has 0 saturated carbocycles. The molecule has 0 spiro atoms. The van der Waals surface area contributed by atoms with Gasteiger partial charge in [0.15, 0.2) is 0 Å². The average Bonchev–Trinajstić information content (AvgIpc) is 2.23. The summed E-state index contributed by atoms with van der Waals surface area (Å²) in [4.78, 5) is 0. The Morgan fingerprint density at radius 3 is 2.00 bits per heavy atom. The van der Waals surface area contributed by atoms with Crippen molar-refractivity contribution in [2.45, 2.75) is 6.42 Å². The molecule has 0 atom stereocenters. The molecule has 0 amide bonds. The number of allylic oxidation sites excluding steroid dienone is 4. The van der Waals surface area contributed by atoms with E-state index in [4.69, 9.17) is 0 Å². The Bertz CT molecular complexity index is 72.6. The van der Waals surface area contributed by atoms with Crippen molar-refractivity contribution >= 4 is 0 Å². The third kappa shape index (κ3) is 11.3. The fraction of sp³-hybridized carbons (Fsp3) is 0.125. The quantitative estimate of drug-likeness (QED) is 0.299. The average molecular weight is 172 g/mol. The molecule has 0 unspecified atom stereocenters. The molecule has 1 rings (SSSR count). The van der Waals surface area contributed by atoms with Gasteiger partial charge in [0, 0.05) is 0 Å². The van der Waals surface area contributed by atoms with Crippen molar-refractivity contribution in [3.05, 3.63) is 44.9 Å². The van der Waals surface area contributed by atoms with E-state index in [1.165, 1.54) is 0 Å². The van der Waals surface area contributed by atoms with Gasteiger partial charge in [0.1, 0.15) is 0 Å². The molecule has 1 aliphatic carbocycles. The van der Waals surface area contributed by atoms with Crippen molar-refractivity contribution in [3.63, 3.8) is 0 Å². The third-order valence-corrected chi connectivity index (χ3v) is 0.586. The van der Waals surface area contributed by atoms with Crippen molar-refractivity contribution in [1.82, 2.24) is 0 Å². The van der Waals surface area contributed by atoms with E-state index in [1.54, 1.807) is 0 Å². The van der Waals surface area contributed by atoms with Gasteiger partial charge >= 0.3 is 17.1 Å². The van der Waals surface area contributed by atoms with Crippen LogP contribution in [0, 0.1) is 13.5 Å².